The van der Waals surface area contributed by atoms with Crippen molar-refractivity contribution >= 4 is 55.9 Å². The van der Waals surface area contributed by atoms with Gasteiger partial charge in [-0.1, -0.05) is 97.1 Å². The number of fused-ring (bicyclic) bond motifs is 3. The molecule has 10 rings (SSSR count). The van der Waals surface area contributed by atoms with Gasteiger partial charge in [-0.25, -0.2) is 9.97 Å². The van der Waals surface area contributed by atoms with Crippen molar-refractivity contribution in [3.63, 3.8) is 0 Å². The molecule has 0 spiro atoms. The van der Waals surface area contributed by atoms with Crippen LogP contribution in [0, 0.1) is 13.8 Å². The van der Waals surface area contributed by atoms with Crippen molar-refractivity contribution in [2.45, 2.75) is 13.8 Å². The molecule has 8 aromatic carbocycles. The van der Waals surface area contributed by atoms with Crippen LogP contribution in [0.15, 0.2) is 213 Å². The highest BCUT2D eigenvalue weighted by Crippen LogP contribution is 2.44. The highest BCUT2D eigenvalue weighted by Gasteiger charge is 2.21. The molecular weight excluding hydrogens is 719 g/mol. The fraction of sp³-hybridized carbons (Fsp3) is 0.0370. The molecule has 0 bridgehead atoms. The van der Waals surface area contributed by atoms with Crippen LogP contribution in [0.4, 0.5) is 34.1 Å². The fourth-order valence-corrected chi connectivity index (χ4v) is 8.50. The smallest absolute Gasteiger partial charge is 0.115 e. The van der Waals surface area contributed by atoms with E-state index in [2.05, 4.69) is 232 Å². The number of aryl methyl sites for hydroxylation is 2. The van der Waals surface area contributed by atoms with Crippen LogP contribution in [0.25, 0.3) is 49.7 Å². The molecule has 5 nitrogen and oxygen atoms in total. The topological polar surface area (TPSA) is 37.2 Å². The van der Waals surface area contributed by atoms with E-state index in [4.69, 9.17) is 0 Å². The number of para-hydroxylation sites is 4. The van der Waals surface area contributed by atoms with E-state index in [0.29, 0.717) is 0 Å². The number of nitrogens with zero attached hydrogens (tertiary/aromatic N) is 5. The fourth-order valence-electron chi connectivity index (χ4n) is 8.50. The van der Waals surface area contributed by atoms with Crippen LogP contribution < -0.4 is 9.80 Å². The maximum absolute atomic E-state index is 4.21. The van der Waals surface area contributed by atoms with Crippen LogP contribution in [0.1, 0.15) is 11.1 Å². The van der Waals surface area contributed by atoms with E-state index in [1.807, 2.05) is 12.4 Å². The van der Waals surface area contributed by atoms with Gasteiger partial charge in [-0.05, 0) is 139 Å². The summed E-state index contributed by atoms with van der Waals surface area (Å²) in [6, 6.07) is 69.7. The summed E-state index contributed by atoms with van der Waals surface area (Å²) >= 11 is 0. The van der Waals surface area contributed by atoms with E-state index in [-0.39, 0.29) is 0 Å². The molecule has 59 heavy (non-hydrogen) atoms. The summed E-state index contributed by atoms with van der Waals surface area (Å²) in [5, 5.41) is 2.36. The molecule has 0 N–H and O–H groups in total. The van der Waals surface area contributed by atoms with Gasteiger partial charge in [0, 0.05) is 62.9 Å². The van der Waals surface area contributed by atoms with Gasteiger partial charge in [0.25, 0.3) is 0 Å². The zero-order chi connectivity index (χ0) is 39.7. The van der Waals surface area contributed by atoms with Gasteiger partial charge in [0.05, 0.1) is 16.7 Å². The predicted molar refractivity (Wildman–Crippen MR) is 246 cm³/mol. The van der Waals surface area contributed by atoms with E-state index in [1.165, 1.54) is 38.7 Å². The highest BCUT2D eigenvalue weighted by molar-refractivity contribution is 6.12. The van der Waals surface area contributed by atoms with E-state index in [0.717, 1.165) is 56.3 Å². The molecular formula is C54H41N5. The van der Waals surface area contributed by atoms with Crippen molar-refractivity contribution in [2.24, 2.45) is 0 Å². The molecule has 0 amide bonds. The zero-order valence-corrected chi connectivity index (χ0v) is 32.9. The standard InChI is InChI=1S/C54H41N5/c1-38-31-42(40-23-25-41(26-24-40)43-35-55-37-56-36-43)32-39(2)54(38)59-52-29-27-48(57(44-15-7-3-8-16-44)45-17-9-4-10-18-45)33-50(52)51-34-49(28-30-53(51)59)58(46-19-11-5-12-20-46)47-21-13-6-14-22-47/h3-37H,1-2H3. The van der Waals surface area contributed by atoms with E-state index in [9.17, 15) is 0 Å². The van der Waals surface area contributed by atoms with Gasteiger partial charge >= 0.3 is 0 Å². The number of benzene rings is 8. The third kappa shape index (κ3) is 6.69. The molecule has 0 fully saturated rings. The van der Waals surface area contributed by atoms with Crippen molar-refractivity contribution in [2.75, 3.05) is 9.80 Å². The van der Waals surface area contributed by atoms with Crippen molar-refractivity contribution in [1.29, 1.82) is 0 Å². The first-order valence-electron chi connectivity index (χ1n) is 20.0. The first-order chi connectivity index (χ1) is 29.1. The average molecular weight is 760 g/mol. The molecule has 0 radical (unpaired) electrons. The minimum Gasteiger partial charge on any atom is -0.310 e. The first-order valence-corrected chi connectivity index (χ1v) is 20.0. The Balaban J connectivity index is 1.17. The lowest BCUT2D eigenvalue weighted by atomic mass is 9.97. The molecule has 0 atom stereocenters. The summed E-state index contributed by atoms with van der Waals surface area (Å²) < 4.78 is 2.47. The van der Waals surface area contributed by atoms with Crippen LogP contribution in [-0.2, 0) is 0 Å². The van der Waals surface area contributed by atoms with Crippen LogP contribution in [0.3, 0.4) is 0 Å². The van der Waals surface area contributed by atoms with Crippen molar-refractivity contribution in [3.8, 4) is 27.9 Å². The second kappa shape index (κ2) is 15.3. The third-order valence-corrected chi connectivity index (χ3v) is 11.1. The Morgan fingerprint density at radius 1 is 0.356 bits per heavy atom. The second-order valence-corrected chi connectivity index (χ2v) is 14.9. The monoisotopic (exact) mass is 759 g/mol. The Hall–Kier alpha value is -7.76. The van der Waals surface area contributed by atoms with Gasteiger partial charge in [0.2, 0.25) is 0 Å². The summed E-state index contributed by atoms with van der Waals surface area (Å²) in [4.78, 5) is 13.1. The summed E-state index contributed by atoms with van der Waals surface area (Å²) in [5.74, 6) is 0. The van der Waals surface area contributed by atoms with Crippen molar-refractivity contribution < 1.29 is 0 Å². The minimum absolute atomic E-state index is 1.01. The predicted octanol–water partition coefficient (Wildman–Crippen LogP) is 14.5. The first kappa shape index (κ1) is 35.6. The van der Waals surface area contributed by atoms with Gasteiger partial charge < -0.3 is 14.4 Å². The summed E-state index contributed by atoms with van der Waals surface area (Å²) in [5.41, 5.74) is 17.0. The van der Waals surface area contributed by atoms with E-state index >= 15 is 0 Å². The average Bonchev–Trinajstić information content (AvgIpc) is 3.60. The number of hydrogen-bond donors (Lipinski definition) is 0. The number of rotatable bonds is 9. The quantitative estimate of drug-likeness (QED) is 0.147. The van der Waals surface area contributed by atoms with Gasteiger partial charge in [-0.2, -0.15) is 0 Å². The molecule has 2 aromatic heterocycles. The summed E-state index contributed by atoms with van der Waals surface area (Å²) in [6.45, 7) is 4.47. The van der Waals surface area contributed by atoms with Crippen LogP contribution >= 0.6 is 0 Å². The molecule has 0 saturated carbocycles. The van der Waals surface area contributed by atoms with E-state index < -0.39 is 0 Å². The largest absolute Gasteiger partial charge is 0.310 e. The molecule has 2 heterocycles. The molecule has 0 aliphatic carbocycles. The van der Waals surface area contributed by atoms with Crippen LogP contribution in [0.5, 0.6) is 0 Å². The maximum Gasteiger partial charge on any atom is 0.115 e. The Morgan fingerprint density at radius 3 is 1.12 bits per heavy atom. The van der Waals surface area contributed by atoms with Gasteiger partial charge in [0.1, 0.15) is 6.33 Å². The van der Waals surface area contributed by atoms with E-state index in [1.54, 1.807) is 6.33 Å². The Kier molecular flexibility index (Phi) is 9.24. The maximum atomic E-state index is 4.21. The second-order valence-electron chi connectivity index (χ2n) is 14.9. The SMILES string of the molecule is Cc1cc(-c2ccc(-c3cncnc3)cc2)cc(C)c1-n1c2ccc(N(c3ccccc3)c3ccccc3)cc2c2cc(N(c3ccccc3)c3ccccc3)ccc21. The molecule has 0 aliphatic heterocycles. The Bertz CT molecular complexity index is 2790. The summed E-state index contributed by atoms with van der Waals surface area (Å²) in [6.07, 6.45) is 5.27. The van der Waals surface area contributed by atoms with Crippen LogP contribution in [0.2, 0.25) is 0 Å². The van der Waals surface area contributed by atoms with Gasteiger partial charge in [-0.15, -0.1) is 0 Å². The zero-order valence-electron chi connectivity index (χ0n) is 32.9. The molecule has 0 saturated heterocycles. The van der Waals surface area contributed by atoms with Crippen molar-refractivity contribution in [3.05, 3.63) is 224 Å². The third-order valence-electron chi connectivity index (χ3n) is 11.1. The van der Waals surface area contributed by atoms with Gasteiger partial charge in [-0.3, -0.25) is 0 Å². The molecule has 10 aromatic rings. The number of anilines is 6. The Labute approximate surface area is 344 Å². The lowest BCUT2D eigenvalue weighted by molar-refractivity contribution is 1.12. The number of aromatic nitrogens is 3. The highest BCUT2D eigenvalue weighted by atomic mass is 15.1. The minimum atomic E-state index is 1.01. The normalized spacial score (nSPS) is 11.2. The summed E-state index contributed by atoms with van der Waals surface area (Å²) in [7, 11) is 0. The molecule has 5 heteroatoms. The lowest BCUT2D eigenvalue weighted by Gasteiger charge is -2.26. The molecule has 282 valence electrons. The molecule has 0 unspecified atom stereocenters. The lowest BCUT2D eigenvalue weighted by Crippen LogP contribution is -2.09. The van der Waals surface area contributed by atoms with Crippen molar-refractivity contribution in [1.82, 2.24) is 14.5 Å². The van der Waals surface area contributed by atoms with Crippen LogP contribution in [-0.4, -0.2) is 14.5 Å². The number of hydrogen-bond acceptors (Lipinski definition) is 4. The van der Waals surface area contributed by atoms with Gasteiger partial charge in [0.15, 0.2) is 0 Å². The Morgan fingerprint density at radius 2 is 0.729 bits per heavy atom. The molecule has 0 aliphatic rings.